The van der Waals surface area contributed by atoms with Gasteiger partial charge < -0.3 is 15.4 Å². The van der Waals surface area contributed by atoms with E-state index in [0.29, 0.717) is 19.1 Å². The van der Waals surface area contributed by atoms with Gasteiger partial charge in [0.25, 0.3) is 0 Å². The summed E-state index contributed by atoms with van der Waals surface area (Å²) in [6.45, 7) is 10.9. The van der Waals surface area contributed by atoms with Crippen molar-refractivity contribution in [1.82, 2.24) is 0 Å². The zero-order chi connectivity index (χ0) is 14.5. The Balaban J connectivity index is 3.23. The topological polar surface area (TPSA) is 38.5 Å². The fourth-order valence-corrected chi connectivity index (χ4v) is 2.76. The molecule has 0 amide bonds. The van der Waals surface area contributed by atoms with Crippen LogP contribution < -0.4 is 10.6 Å². The summed E-state index contributed by atoms with van der Waals surface area (Å²) in [5.41, 5.74) is 8.46. The van der Waals surface area contributed by atoms with Crippen LogP contribution in [0.2, 0.25) is 0 Å². The predicted molar refractivity (Wildman–Crippen MR) is 82.7 cm³/mol. The van der Waals surface area contributed by atoms with Crippen LogP contribution in [0.4, 0.5) is 5.69 Å². The highest BCUT2D eigenvalue weighted by molar-refractivity contribution is 5.51. The van der Waals surface area contributed by atoms with Gasteiger partial charge in [-0.05, 0) is 37.5 Å². The maximum atomic E-state index is 6.12. The van der Waals surface area contributed by atoms with Crippen molar-refractivity contribution in [3.8, 4) is 0 Å². The van der Waals surface area contributed by atoms with Crippen molar-refractivity contribution in [2.24, 2.45) is 11.7 Å². The fourth-order valence-electron chi connectivity index (χ4n) is 2.76. The largest absolute Gasteiger partial charge is 0.382 e. The minimum atomic E-state index is -0.155. The number of hydrogen-bond acceptors (Lipinski definition) is 3. The van der Waals surface area contributed by atoms with Crippen LogP contribution in [0.1, 0.15) is 26.3 Å². The molecule has 0 bridgehead atoms. The monoisotopic (exact) mass is 264 g/mol. The van der Waals surface area contributed by atoms with Gasteiger partial charge in [0.05, 0.1) is 12.1 Å². The van der Waals surface area contributed by atoms with Gasteiger partial charge in [0.2, 0.25) is 0 Å². The Kier molecular flexibility index (Phi) is 5.83. The lowest BCUT2D eigenvalue weighted by atomic mass is 9.84. The van der Waals surface area contributed by atoms with E-state index < -0.39 is 0 Å². The molecule has 0 aliphatic heterocycles. The smallest absolute Gasteiger partial charge is 0.0779 e. The molecule has 1 unspecified atom stereocenters. The summed E-state index contributed by atoms with van der Waals surface area (Å²) < 4.78 is 5.47. The van der Waals surface area contributed by atoms with E-state index >= 15 is 0 Å². The van der Waals surface area contributed by atoms with E-state index in [2.05, 4.69) is 56.9 Å². The van der Waals surface area contributed by atoms with Gasteiger partial charge in [-0.3, -0.25) is 0 Å². The van der Waals surface area contributed by atoms with E-state index in [9.17, 15) is 0 Å². The van der Waals surface area contributed by atoms with Crippen molar-refractivity contribution in [1.29, 1.82) is 0 Å². The standard InChI is InChI=1S/C16H28N2O/c1-6-18(15-9-7-8-14(4)10-15)16(11-17,12-19-5)13(2)3/h7-10,13H,6,11-12,17H2,1-5H3. The van der Waals surface area contributed by atoms with Crippen LogP contribution in [0.15, 0.2) is 24.3 Å². The van der Waals surface area contributed by atoms with Gasteiger partial charge in [-0.15, -0.1) is 0 Å². The Morgan fingerprint density at radius 2 is 2.05 bits per heavy atom. The minimum absolute atomic E-state index is 0.155. The van der Waals surface area contributed by atoms with Gasteiger partial charge in [0.15, 0.2) is 0 Å². The zero-order valence-corrected chi connectivity index (χ0v) is 12.9. The number of aryl methyl sites for hydroxylation is 1. The van der Waals surface area contributed by atoms with Gasteiger partial charge in [0.1, 0.15) is 0 Å². The average molecular weight is 264 g/mol. The number of hydrogen-bond donors (Lipinski definition) is 1. The molecule has 2 N–H and O–H groups in total. The zero-order valence-electron chi connectivity index (χ0n) is 12.9. The fraction of sp³-hybridized carbons (Fsp3) is 0.625. The van der Waals surface area contributed by atoms with Crippen LogP contribution >= 0.6 is 0 Å². The molecule has 0 aliphatic rings. The lowest BCUT2D eigenvalue weighted by Crippen LogP contribution is -2.60. The number of likely N-dealkylation sites (N-methyl/N-ethyl adjacent to an activating group) is 1. The highest BCUT2D eigenvalue weighted by Crippen LogP contribution is 2.30. The van der Waals surface area contributed by atoms with Gasteiger partial charge in [0, 0.05) is 25.9 Å². The Labute approximate surface area is 117 Å². The Morgan fingerprint density at radius 1 is 1.37 bits per heavy atom. The third kappa shape index (κ3) is 3.28. The SMILES string of the molecule is CCN(c1cccc(C)c1)C(CN)(COC)C(C)C. The van der Waals surface area contributed by atoms with Crippen molar-refractivity contribution >= 4 is 5.69 Å². The molecule has 0 radical (unpaired) electrons. The maximum absolute atomic E-state index is 6.12. The van der Waals surface area contributed by atoms with Crippen molar-refractivity contribution < 1.29 is 4.74 Å². The van der Waals surface area contributed by atoms with E-state index in [0.717, 1.165) is 6.54 Å². The molecular weight excluding hydrogens is 236 g/mol. The van der Waals surface area contributed by atoms with Crippen molar-refractivity contribution in [2.75, 3.05) is 31.7 Å². The van der Waals surface area contributed by atoms with Crippen LogP contribution in [-0.2, 0) is 4.74 Å². The first kappa shape index (κ1) is 16.0. The Hall–Kier alpha value is -1.06. The van der Waals surface area contributed by atoms with E-state index in [-0.39, 0.29) is 5.54 Å². The second-order valence-electron chi connectivity index (χ2n) is 5.48. The van der Waals surface area contributed by atoms with Crippen LogP contribution in [0.25, 0.3) is 0 Å². The first-order chi connectivity index (χ1) is 9.01. The molecule has 0 spiro atoms. The normalized spacial score (nSPS) is 14.5. The van der Waals surface area contributed by atoms with Crippen LogP contribution in [0.3, 0.4) is 0 Å². The van der Waals surface area contributed by atoms with Crippen molar-refractivity contribution in [3.05, 3.63) is 29.8 Å². The minimum Gasteiger partial charge on any atom is -0.382 e. The van der Waals surface area contributed by atoms with Crippen LogP contribution in [0, 0.1) is 12.8 Å². The highest BCUT2D eigenvalue weighted by atomic mass is 16.5. The molecule has 0 saturated carbocycles. The third-order valence-corrected chi connectivity index (χ3v) is 3.99. The number of benzene rings is 1. The van der Waals surface area contributed by atoms with Gasteiger partial charge in [-0.2, -0.15) is 0 Å². The number of methoxy groups -OCH3 is 1. The van der Waals surface area contributed by atoms with Crippen molar-refractivity contribution in [2.45, 2.75) is 33.2 Å². The summed E-state index contributed by atoms with van der Waals surface area (Å²) in [6, 6.07) is 8.58. The summed E-state index contributed by atoms with van der Waals surface area (Å²) in [7, 11) is 1.75. The quantitative estimate of drug-likeness (QED) is 0.823. The molecular formula is C16H28N2O. The molecule has 1 rings (SSSR count). The molecule has 1 aromatic carbocycles. The lowest BCUT2D eigenvalue weighted by Gasteiger charge is -2.47. The predicted octanol–water partition coefficient (Wildman–Crippen LogP) is 2.82. The van der Waals surface area contributed by atoms with Gasteiger partial charge in [-0.25, -0.2) is 0 Å². The van der Waals surface area contributed by atoms with Crippen LogP contribution in [0.5, 0.6) is 0 Å². The van der Waals surface area contributed by atoms with Gasteiger partial charge >= 0.3 is 0 Å². The molecule has 3 heteroatoms. The van der Waals surface area contributed by atoms with Crippen molar-refractivity contribution in [3.63, 3.8) is 0 Å². The highest BCUT2D eigenvalue weighted by Gasteiger charge is 2.38. The third-order valence-electron chi connectivity index (χ3n) is 3.99. The molecule has 0 heterocycles. The lowest BCUT2D eigenvalue weighted by molar-refractivity contribution is 0.103. The molecule has 1 aromatic rings. The van der Waals surface area contributed by atoms with E-state index in [1.165, 1.54) is 11.3 Å². The summed E-state index contributed by atoms with van der Waals surface area (Å²) >= 11 is 0. The molecule has 0 fully saturated rings. The van der Waals surface area contributed by atoms with Crippen LogP contribution in [-0.4, -0.2) is 32.3 Å². The first-order valence-corrected chi connectivity index (χ1v) is 7.05. The maximum Gasteiger partial charge on any atom is 0.0779 e. The Bertz CT molecular complexity index is 392. The first-order valence-electron chi connectivity index (χ1n) is 7.05. The second kappa shape index (κ2) is 6.92. The molecule has 0 aliphatic carbocycles. The second-order valence-corrected chi connectivity index (χ2v) is 5.48. The number of nitrogens with two attached hydrogens (primary N) is 1. The number of rotatable bonds is 7. The number of anilines is 1. The molecule has 19 heavy (non-hydrogen) atoms. The van der Waals surface area contributed by atoms with E-state index in [1.54, 1.807) is 7.11 Å². The van der Waals surface area contributed by atoms with E-state index in [1.807, 2.05) is 0 Å². The summed E-state index contributed by atoms with van der Waals surface area (Å²) in [5, 5.41) is 0. The molecule has 1 atom stereocenters. The molecule has 0 aromatic heterocycles. The number of nitrogens with zero attached hydrogens (tertiary/aromatic N) is 1. The summed E-state index contributed by atoms with van der Waals surface area (Å²) in [4.78, 5) is 2.38. The molecule has 0 saturated heterocycles. The van der Waals surface area contributed by atoms with Gasteiger partial charge in [-0.1, -0.05) is 26.0 Å². The Morgan fingerprint density at radius 3 is 2.47 bits per heavy atom. The molecule has 108 valence electrons. The summed E-state index contributed by atoms with van der Waals surface area (Å²) in [6.07, 6.45) is 0. The number of ether oxygens (including phenoxy) is 1. The average Bonchev–Trinajstić information content (AvgIpc) is 2.38. The summed E-state index contributed by atoms with van der Waals surface area (Å²) in [5.74, 6) is 0.415. The van der Waals surface area contributed by atoms with E-state index in [4.69, 9.17) is 10.5 Å². The molecule has 3 nitrogen and oxygen atoms in total.